The number of nitrogens with one attached hydrogen (secondary N) is 2. The van der Waals surface area contributed by atoms with Crippen LogP contribution in [0.4, 0.5) is 5.69 Å². The molecule has 0 fully saturated rings. The first-order valence-corrected chi connectivity index (χ1v) is 11.1. The Morgan fingerprint density at radius 1 is 1.06 bits per heavy atom. The van der Waals surface area contributed by atoms with Crippen LogP contribution in [-0.4, -0.2) is 32.5 Å². The van der Waals surface area contributed by atoms with Gasteiger partial charge in [-0.2, -0.15) is 0 Å². The summed E-state index contributed by atoms with van der Waals surface area (Å²) in [5.74, 6) is -1.09. The molecule has 0 aliphatic carbocycles. The van der Waals surface area contributed by atoms with E-state index in [2.05, 4.69) is 20.8 Å². The molecule has 4 aromatic rings. The van der Waals surface area contributed by atoms with Crippen LogP contribution in [0.15, 0.2) is 71.3 Å². The van der Waals surface area contributed by atoms with Crippen molar-refractivity contribution in [1.29, 1.82) is 0 Å². The Hall–Kier alpha value is -3.83. The summed E-state index contributed by atoms with van der Waals surface area (Å²) in [5.41, 5.74) is 6.46. The maximum atomic E-state index is 12.3. The zero-order valence-electron chi connectivity index (χ0n) is 16.3. The lowest BCUT2D eigenvalue weighted by molar-refractivity contribution is -0.384. The molecule has 0 saturated carbocycles. The number of carbonyl (C=O) groups excluding carboxylic acids is 2. The number of aromatic nitrogens is 2. The van der Waals surface area contributed by atoms with Crippen LogP contribution >= 0.6 is 23.1 Å². The quantitative estimate of drug-likeness (QED) is 0.192. The lowest BCUT2D eigenvalue weighted by Crippen LogP contribution is -2.42. The van der Waals surface area contributed by atoms with Crippen molar-refractivity contribution >= 4 is 50.8 Å². The Labute approximate surface area is 190 Å². The van der Waals surface area contributed by atoms with E-state index in [-0.39, 0.29) is 17.0 Å². The average Bonchev–Trinajstić information content (AvgIpc) is 3.26. The van der Waals surface area contributed by atoms with E-state index in [1.54, 1.807) is 0 Å². The third-order valence-corrected chi connectivity index (χ3v) is 6.27. The maximum Gasteiger partial charge on any atom is 0.270 e. The molecule has 0 atom stereocenters. The number of fused-ring (bicyclic) bond motifs is 1. The van der Waals surface area contributed by atoms with Crippen molar-refractivity contribution in [2.24, 2.45) is 0 Å². The van der Waals surface area contributed by atoms with Crippen LogP contribution in [0.2, 0.25) is 0 Å². The standard InChI is InChI=1S/C21H15N5O4S2/c27-17(24-25-19(28)14-7-4-8-15(9-14)26(29)30)11-32-21-18-16(13-5-2-1-3-6-13)10-31-20(18)22-12-23-21/h1-10,12H,11H2,(H,24,27)(H,25,28). The zero-order valence-corrected chi connectivity index (χ0v) is 18.0. The molecule has 2 amide bonds. The van der Waals surface area contributed by atoms with E-state index in [1.165, 1.54) is 47.6 Å². The molecule has 160 valence electrons. The molecule has 0 radical (unpaired) electrons. The van der Waals surface area contributed by atoms with E-state index in [0.29, 0.717) is 5.03 Å². The first-order chi connectivity index (χ1) is 15.5. The van der Waals surface area contributed by atoms with E-state index in [9.17, 15) is 19.7 Å². The predicted molar refractivity (Wildman–Crippen MR) is 122 cm³/mol. The summed E-state index contributed by atoms with van der Waals surface area (Å²) in [5, 5.41) is 14.4. The average molecular weight is 466 g/mol. The summed E-state index contributed by atoms with van der Waals surface area (Å²) in [7, 11) is 0. The van der Waals surface area contributed by atoms with Crippen molar-refractivity contribution in [3.63, 3.8) is 0 Å². The molecule has 0 aliphatic rings. The Morgan fingerprint density at radius 2 is 1.88 bits per heavy atom. The van der Waals surface area contributed by atoms with Crippen LogP contribution in [0.5, 0.6) is 0 Å². The predicted octanol–water partition coefficient (Wildman–Crippen LogP) is 3.82. The Bertz CT molecular complexity index is 1310. The van der Waals surface area contributed by atoms with Gasteiger partial charge in [0.1, 0.15) is 16.2 Å². The number of amides is 2. The Kier molecular flexibility index (Phi) is 6.38. The molecule has 4 rings (SSSR count). The highest BCUT2D eigenvalue weighted by Gasteiger charge is 2.16. The fourth-order valence-corrected chi connectivity index (χ4v) is 4.71. The highest BCUT2D eigenvalue weighted by molar-refractivity contribution is 8.00. The SMILES string of the molecule is O=C(CSc1ncnc2scc(-c3ccccc3)c12)NNC(=O)c1cccc([N+](=O)[O-])c1. The van der Waals surface area contributed by atoms with E-state index in [0.717, 1.165) is 27.4 Å². The molecule has 0 unspecified atom stereocenters. The van der Waals surface area contributed by atoms with Crippen molar-refractivity contribution in [3.05, 3.63) is 82.0 Å². The lowest BCUT2D eigenvalue weighted by Gasteiger charge is -2.08. The number of benzene rings is 2. The molecule has 0 spiro atoms. The zero-order chi connectivity index (χ0) is 22.5. The van der Waals surface area contributed by atoms with Gasteiger partial charge < -0.3 is 0 Å². The number of thioether (sulfide) groups is 1. The summed E-state index contributed by atoms with van der Waals surface area (Å²) in [6.07, 6.45) is 1.46. The molecule has 2 aromatic heterocycles. The molecular weight excluding hydrogens is 450 g/mol. The van der Waals surface area contributed by atoms with Crippen LogP contribution in [0.1, 0.15) is 10.4 Å². The number of rotatable bonds is 6. The van der Waals surface area contributed by atoms with Crippen LogP contribution in [-0.2, 0) is 4.79 Å². The van der Waals surface area contributed by atoms with Crippen LogP contribution in [0.3, 0.4) is 0 Å². The van der Waals surface area contributed by atoms with Crippen LogP contribution in [0, 0.1) is 10.1 Å². The number of carbonyl (C=O) groups is 2. The minimum absolute atomic E-state index is 0.00536. The van der Waals surface area contributed by atoms with E-state index in [1.807, 2.05) is 35.7 Å². The van der Waals surface area contributed by atoms with Crippen molar-refractivity contribution in [3.8, 4) is 11.1 Å². The third-order valence-electron chi connectivity index (χ3n) is 4.39. The number of non-ortho nitro benzene ring substituents is 1. The summed E-state index contributed by atoms with van der Waals surface area (Å²) in [6.45, 7) is 0. The Balaban J connectivity index is 1.41. The number of nitro benzene ring substituents is 1. The summed E-state index contributed by atoms with van der Waals surface area (Å²) >= 11 is 2.73. The van der Waals surface area contributed by atoms with Gasteiger partial charge in [-0.1, -0.05) is 48.2 Å². The van der Waals surface area contributed by atoms with Gasteiger partial charge in [0.15, 0.2) is 0 Å². The second-order valence-electron chi connectivity index (χ2n) is 6.47. The number of nitro groups is 1. The van der Waals surface area contributed by atoms with Gasteiger partial charge >= 0.3 is 0 Å². The van der Waals surface area contributed by atoms with Gasteiger partial charge in [-0.3, -0.25) is 30.6 Å². The van der Waals surface area contributed by atoms with Gasteiger partial charge in [0, 0.05) is 28.6 Å². The molecule has 0 bridgehead atoms. The fourth-order valence-electron chi connectivity index (χ4n) is 2.92. The summed E-state index contributed by atoms with van der Waals surface area (Å²) in [6, 6.07) is 15.1. The Morgan fingerprint density at radius 3 is 2.66 bits per heavy atom. The first-order valence-electron chi connectivity index (χ1n) is 9.27. The highest BCUT2D eigenvalue weighted by Crippen LogP contribution is 2.37. The van der Waals surface area contributed by atoms with E-state index in [4.69, 9.17) is 0 Å². The van der Waals surface area contributed by atoms with Gasteiger partial charge in [0.05, 0.1) is 16.1 Å². The van der Waals surface area contributed by atoms with Crippen molar-refractivity contribution < 1.29 is 14.5 Å². The monoisotopic (exact) mass is 465 g/mol. The van der Waals surface area contributed by atoms with Crippen LogP contribution in [0.25, 0.3) is 21.3 Å². The van der Waals surface area contributed by atoms with Crippen molar-refractivity contribution in [2.75, 3.05) is 5.75 Å². The van der Waals surface area contributed by atoms with Crippen LogP contribution < -0.4 is 10.9 Å². The van der Waals surface area contributed by atoms with E-state index >= 15 is 0 Å². The molecule has 2 aromatic carbocycles. The van der Waals surface area contributed by atoms with Crippen molar-refractivity contribution in [2.45, 2.75) is 5.03 Å². The second kappa shape index (κ2) is 9.54. The smallest absolute Gasteiger partial charge is 0.270 e. The molecule has 0 aliphatic heterocycles. The molecule has 9 nitrogen and oxygen atoms in total. The normalized spacial score (nSPS) is 10.6. The van der Waals surface area contributed by atoms with Gasteiger partial charge in [0.25, 0.3) is 11.6 Å². The van der Waals surface area contributed by atoms with E-state index < -0.39 is 16.7 Å². The number of nitrogens with zero attached hydrogens (tertiary/aromatic N) is 3. The largest absolute Gasteiger partial charge is 0.272 e. The molecule has 2 heterocycles. The minimum atomic E-state index is -0.652. The molecular formula is C21H15N5O4S2. The third kappa shape index (κ3) is 4.74. The number of hydrogen-bond acceptors (Lipinski definition) is 8. The lowest BCUT2D eigenvalue weighted by atomic mass is 10.1. The highest BCUT2D eigenvalue weighted by atomic mass is 32.2. The van der Waals surface area contributed by atoms with Gasteiger partial charge in [-0.05, 0) is 11.6 Å². The molecule has 0 saturated heterocycles. The topological polar surface area (TPSA) is 127 Å². The number of hydrogen-bond donors (Lipinski definition) is 2. The number of thiophene rings is 1. The first kappa shape index (κ1) is 21.4. The van der Waals surface area contributed by atoms with Gasteiger partial charge in [0.2, 0.25) is 5.91 Å². The van der Waals surface area contributed by atoms with Crippen molar-refractivity contribution in [1.82, 2.24) is 20.8 Å². The fraction of sp³-hybridized carbons (Fsp3) is 0.0476. The molecule has 2 N–H and O–H groups in total. The van der Waals surface area contributed by atoms with Gasteiger partial charge in [-0.15, -0.1) is 11.3 Å². The van der Waals surface area contributed by atoms with Gasteiger partial charge in [-0.25, -0.2) is 9.97 Å². The second-order valence-corrected chi connectivity index (χ2v) is 8.29. The maximum absolute atomic E-state index is 12.3. The summed E-state index contributed by atoms with van der Waals surface area (Å²) in [4.78, 5) is 44.1. The number of hydrazine groups is 1. The summed E-state index contributed by atoms with van der Waals surface area (Å²) < 4.78 is 0. The molecule has 32 heavy (non-hydrogen) atoms. The minimum Gasteiger partial charge on any atom is -0.272 e. The molecule has 11 heteroatoms.